The molecule has 2 aromatic carbocycles. The molecule has 3 rings (SSSR count). The zero-order valence-electron chi connectivity index (χ0n) is 13.6. The second kappa shape index (κ2) is 8.14. The number of thiophene rings is 1. The Hall–Kier alpha value is -2.37. The van der Waals surface area contributed by atoms with E-state index in [1.165, 1.54) is 11.3 Å². The predicted octanol–water partition coefficient (Wildman–Crippen LogP) is 5.06. The van der Waals surface area contributed by atoms with E-state index in [1.807, 2.05) is 42.0 Å². The number of rotatable bonds is 6. The third-order valence-corrected chi connectivity index (χ3v) is 5.28. The Balaban J connectivity index is 1.74. The molecule has 5 heteroatoms. The summed E-state index contributed by atoms with van der Waals surface area (Å²) >= 11 is 3.01. The van der Waals surface area contributed by atoms with Crippen LogP contribution in [0.1, 0.15) is 31.2 Å². The molecule has 3 nitrogen and oxygen atoms in total. The summed E-state index contributed by atoms with van der Waals surface area (Å²) < 4.78 is 5.40. The zero-order chi connectivity index (χ0) is 17.6. The molecule has 0 unspecified atom stereocenters. The molecule has 0 radical (unpaired) electrons. The lowest BCUT2D eigenvalue weighted by atomic mass is 10.0. The Morgan fingerprint density at radius 1 is 0.960 bits per heavy atom. The van der Waals surface area contributed by atoms with Gasteiger partial charge in [-0.3, -0.25) is 4.79 Å². The molecule has 1 aromatic heterocycles. The van der Waals surface area contributed by atoms with Crippen molar-refractivity contribution >= 4 is 34.9 Å². The number of carbonyl (C=O) groups is 2. The smallest absolute Gasteiger partial charge is 0.339 e. The molecule has 0 aliphatic carbocycles. The summed E-state index contributed by atoms with van der Waals surface area (Å²) in [5.74, 6) is -0.652. The molecule has 0 saturated carbocycles. The Labute approximate surface area is 154 Å². The largest absolute Gasteiger partial charge is 0.457 e. The Bertz CT molecular complexity index is 868. The second-order valence-corrected chi connectivity index (χ2v) is 7.10. The number of thioether (sulfide) groups is 1. The Morgan fingerprint density at radius 2 is 1.68 bits per heavy atom. The maximum atomic E-state index is 12.6. The van der Waals surface area contributed by atoms with Gasteiger partial charge in [0, 0.05) is 10.5 Å². The van der Waals surface area contributed by atoms with Crippen molar-refractivity contribution in [2.75, 3.05) is 6.26 Å². The molecule has 0 aliphatic heterocycles. The SMILES string of the molecule is CSc1ccc(COC(=O)c2ccccc2C(=O)c2cccs2)cc1. The monoisotopic (exact) mass is 368 g/mol. The van der Waals surface area contributed by atoms with Crippen LogP contribution in [0.5, 0.6) is 0 Å². The van der Waals surface area contributed by atoms with E-state index < -0.39 is 5.97 Å². The van der Waals surface area contributed by atoms with E-state index in [4.69, 9.17) is 4.74 Å². The third kappa shape index (κ3) is 4.18. The van der Waals surface area contributed by atoms with Gasteiger partial charge in [0.1, 0.15) is 6.61 Å². The highest BCUT2D eigenvalue weighted by Crippen LogP contribution is 2.20. The molecule has 25 heavy (non-hydrogen) atoms. The van der Waals surface area contributed by atoms with Gasteiger partial charge in [0.2, 0.25) is 5.78 Å². The molecule has 0 N–H and O–H groups in total. The van der Waals surface area contributed by atoms with Gasteiger partial charge in [0.05, 0.1) is 10.4 Å². The Morgan fingerprint density at radius 3 is 2.32 bits per heavy atom. The zero-order valence-corrected chi connectivity index (χ0v) is 15.2. The molecular weight excluding hydrogens is 352 g/mol. The van der Waals surface area contributed by atoms with Crippen molar-refractivity contribution in [3.63, 3.8) is 0 Å². The van der Waals surface area contributed by atoms with E-state index in [1.54, 1.807) is 42.1 Å². The van der Waals surface area contributed by atoms with E-state index in [0.29, 0.717) is 16.0 Å². The molecule has 126 valence electrons. The van der Waals surface area contributed by atoms with E-state index in [9.17, 15) is 9.59 Å². The minimum Gasteiger partial charge on any atom is -0.457 e. The van der Waals surface area contributed by atoms with E-state index >= 15 is 0 Å². The third-order valence-electron chi connectivity index (χ3n) is 3.67. The molecule has 0 amide bonds. The van der Waals surface area contributed by atoms with Crippen molar-refractivity contribution in [1.29, 1.82) is 0 Å². The summed E-state index contributed by atoms with van der Waals surface area (Å²) in [4.78, 5) is 26.8. The number of ether oxygens (including phenoxy) is 1. The maximum Gasteiger partial charge on any atom is 0.339 e. The van der Waals surface area contributed by atoms with Crippen LogP contribution in [-0.2, 0) is 11.3 Å². The van der Waals surface area contributed by atoms with Crippen LogP contribution >= 0.6 is 23.1 Å². The average Bonchev–Trinajstić information content (AvgIpc) is 3.20. The summed E-state index contributed by atoms with van der Waals surface area (Å²) in [5, 5.41) is 1.84. The van der Waals surface area contributed by atoms with Gasteiger partial charge in [-0.2, -0.15) is 0 Å². The predicted molar refractivity (Wildman–Crippen MR) is 102 cm³/mol. The van der Waals surface area contributed by atoms with Gasteiger partial charge in [-0.1, -0.05) is 36.4 Å². The van der Waals surface area contributed by atoms with Crippen LogP contribution < -0.4 is 0 Å². The van der Waals surface area contributed by atoms with Gasteiger partial charge in [-0.25, -0.2) is 4.79 Å². The van der Waals surface area contributed by atoms with E-state index in [2.05, 4.69) is 0 Å². The van der Waals surface area contributed by atoms with Gasteiger partial charge in [-0.15, -0.1) is 23.1 Å². The standard InChI is InChI=1S/C20H16O3S2/c1-24-15-10-8-14(9-11-15)13-23-20(22)17-6-3-2-5-16(17)19(21)18-7-4-12-25-18/h2-12H,13H2,1H3. The van der Waals surface area contributed by atoms with Crippen LogP contribution in [0.25, 0.3) is 0 Å². The first kappa shape index (κ1) is 17.5. The van der Waals surface area contributed by atoms with Crippen LogP contribution in [0.4, 0.5) is 0 Å². The number of carbonyl (C=O) groups excluding carboxylic acids is 2. The maximum absolute atomic E-state index is 12.6. The lowest BCUT2D eigenvalue weighted by Crippen LogP contribution is -2.12. The van der Waals surface area contributed by atoms with Crippen molar-refractivity contribution in [3.8, 4) is 0 Å². The molecule has 0 saturated heterocycles. The van der Waals surface area contributed by atoms with Crippen molar-refractivity contribution in [3.05, 3.63) is 87.6 Å². The summed E-state index contributed by atoms with van der Waals surface area (Å²) in [6.07, 6.45) is 2.01. The average molecular weight is 368 g/mol. The van der Waals surface area contributed by atoms with Crippen molar-refractivity contribution in [2.45, 2.75) is 11.5 Å². The first-order valence-corrected chi connectivity index (χ1v) is 9.77. The molecule has 1 heterocycles. The molecule has 3 aromatic rings. The van der Waals surface area contributed by atoms with Crippen molar-refractivity contribution in [2.24, 2.45) is 0 Å². The van der Waals surface area contributed by atoms with Gasteiger partial charge in [0.25, 0.3) is 0 Å². The number of hydrogen-bond acceptors (Lipinski definition) is 5. The number of benzene rings is 2. The molecule has 0 spiro atoms. The molecule has 0 bridgehead atoms. The summed E-state index contributed by atoms with van der Waals surface area (Å²) in [6.45, 7) is 0.176. The van der Waals surface area contributed by atoms with Crippen LogP contribution in [-0.4, -0.2) is 18.0 Å². The summed E-state index contributed by atoms with van der Waals surface area (Å²) in [6, 6.07) is 18.2. The first-order valence-electron chi connectivity index (χ1n) is 7.66. The second-order valence-electron chi connectivity index (χ2n) is 5.28. The summed E-state index contributed by atoms with van der Waals surface area (Å²) in [7, 11) is 0. The van der Waals surface area contributed by atoms with Crippen LogP contribution in [0.3, 0.4) is 0 Å². The fourth-order valence-electron chi connectivity index (χ4n) is 2.35. The lowest BCUT2D eigenvalue weighted by Gasteiger charge is -2.09. The highest BCUT2D eigenvalue weighted by molar-refractivity contribution is 7.98. The van der Waals surface area contributed by atoms with Gasteiger partial charge in [0.15, 0.2) is 0 Å². The lowest BCUT2D eigenvalue weighted by molar-refractivity contribution is 0.0470. The van der Waals surface area contributed by atoms with Gasteiger partial charge >= 0.3 is 5.97 Å². The molecule has 0 fully saturated rings. The number of hydrogen-bond donors (Lipinski definition) is 0. The quantitative estimate of drug-likeness (QED) is 0.347. The highest BCUT2D eigenvalue weighted by Gasteiger charge is 2.19. The first-order chi connectivity index (χ1) is 12.2. The highest BCUT2D eigenvalue weighted by atomic mass is 32.2. The van der Waals surface area contributed by atoms with Crippen LogP contribution in [0.15, 0.2) is 70.9 Å². The summed E-state index contributed by atoms with van der Waals surface area (Å²) in [5.41, 5.74) is 1.57. The normalized spacial score (nSPS) is 10.4. The van der Waals surface area contributed by atoms with Crippen LogP contribution in [0, 0.1) is 0 Å². The topological polar surface area (TPSA) is 43.4 Å². The Kier molecular flexibility index (Phi) is 5.68. The van der Waals surface area contributed by atoms with E-state index in [-0.39, 0.29) is 12.4 Å². The minimum atomic E-state index is -0.491. The van der Waals surface area contributed by atoms with Gasteiger partial charge < -0.3 is 4.74 Å². The van der Waals surface area contributed by atoms with Crippen molar-refractivity contribution < 1.29 is 14.3 Å². The molecule has 0 atom stereocenters. The number of ketones is 1. The fraction of sp³-hybridized carbons (Fsp3) is 0.100. The molecule has 0 aliphatic rings. The van der Waals surface area contributed by atoms with Gasteiger partial charge in [-0.05, 0) is 41.5 Å². The minimum absolute atomic E-state index is 0.160. The van der Waals surface area contributed by atoms with Crippen LogP contribution in [0.2, 0.25) is 0 Å². The molecular formula is C20H16O3S2. The fourth-order valence-corrected chi connectivity index (χ4v) is 3.43. The number of esters is 1. The van der Waals surface area contributed by atoms with Crippen molar-refractivity contribution in [1.82, 2.24) is 0 Å². The van der Waals surface area contributed by atoms with E-state index in [0.717, 1.165) is 10.5 Å².